The van der Waals surface area contributed by atoms with Crippen molar-refractivity contribution in [2.75, 3.05) is 18.0 Å². The highest BCUT2D eigenvalue weighted by Gasteiger charge is 2.52. The second kappa shape index (κ2) is 8.56. The van der Waals surface area contributed by atoms with Crippen LogP contribution in [-0.2, 0) is 9.31 Å². The molecule has 7 nitrogen and oxygen atoms in total. The fourth-order valence-electron chi connectivity index (χ4n) is 4.19. The Bertz CT molecular complexity index is 1000. The van der Waals surface area contributed by atoms with Crippen LogP contribution in [0, 0.1) is 6.92 Å². The van der Waals surface area contributed by atoms with Crippen LogP contribution in [0.5, 0.6) is 0 Å². The molecule has 9 heteroatoms. The fraction of sp³-hybridized carbons (Fsp3) is 0.542. The number of hydrogen-bond donors (Lipinski definition) is 1. The van der Waals surface area contributed by atoms with Gasteiger partial charge in [-0.05, 0) is 66.0 Å². The zero-order chi connectivity index (χ0) is 24.0. The molecule has 4 rings (SSSR count). The summed E-state index contributed by atoms with van der Waals surface area (Å²) in [5.74, 6) is 0.686. The molecule has 0 saturated carbocycles. The van der Waals surface area contributed by atoms with Crippen molar-refractivity contribution >= 4 is 36.0 Å². The van der Waals surface area contributed by atoms with Gasteiger partial charge in [0.2, 0.25) is 0 Å². The first-order valence-corrected chi connectivity index (χ1v) is 11.8. The topological polar surface area (TPSA) is 76.6 Å². The van der Waals surface area contributed by atoms with E-state index in [1.165, 1.54) is 0 Å². The molecule has 2 fully saturated rings. The number of nitrogens with zero attached hydrogens (tertiary/aromatic N) is 3. The van der Waals surface area contributed by atoms with Gasteiger partial charge in [-0.25, -0.2) is 4.98 Å². The lowest BCUT2D eigenvalue weighted by molar-refractivity contribution is 0.00578. The van der Waals surface area contributed by atoms with Crippen LogP contribution in [0.4, 0.5) is 5.82 Å². The normalized spacial score (nSPS) is 21.2. The third kappa shape index (κ3) is 4.74. The van der Waals surface area contributed by atoms with Crippen LogP contribution in [-0.4, -0.2) is 52.8 Å². The van der Waals surface area contributed by atoms with Gasteiger partial charge in [0.05, 0.1) is 33.6 Å². The van der Waals surface area contributed by atoms with Crippen LogP contribution in [0.25, 0.3) is 0 Å². The van der Waals surface area contributed by atoms with Crippen LogP contribution < -0.4 is 15.8 Å². The summed E-state index contributed by atoms with van der Waals surface area (Å²) in [6.07, 6.45) is 5.09. The summed E-state index contributed by atoms with van der Waals surface area (Å²) < 4.78 is 12.1. The van der Waals surface area contributed by atoms with Crippen molar-refractivity contribution in [1.29, 1.82) is 0 Å². The number of rotatable bonds is 4. The van der Waals surface area contributed by atoms with E-state index in [9.17, 15) is 4.79 Å². The van der Waals surface area contributed by atoms with E-state index in [2.05, 4.69) is 27.1 Å². The molecule has 33 heavy (non-hydrogen) atoms. The lowest BCUT2D eigenvalue weighted by atomic mass is 9.85. The zero-order valence-corrected chi connectivity index (χ0v) is 21.0. The van der Waals surface area contributed by atoms with Gasteiger partial charge in [-0.15, -0.1) is 0 Å². The van der Waals surface area contributed by atoms with E-state index in [0.29, 0.717) is 16.2 Å². The molecule has 0 aliphatic carbocycles. The van der Waals surface area contributed by atoms with Gasteiger partial charge in [-0.3, -0.25) is 9.78 Å². The van der Waals surface area contributed by atoms with Gasteiger partial charge < -0.3 is 19.5 Å². The molecule has 0 bridgehead atoms. The molecule has 0 spiro atoms. The number of piperidine rings is 1. The number of benzene rings is 1. The highest BCUT2D eigenvalue weighted by atomic mass is 35.5. The van der Waals surface area contributed by atoms with Gasteiger partial charge in [0, 0.05) is 24.8 Å². The largest absolute Gasteiger partial charge is 0.516 e. The summed E-state index contributed by atoms with van der Waals surface area (Å²) in [5, 5.41) is 3.69. The molecule has 1 N–H and O–H groups in total. The number of hydrogen-bond acceptors (Lipinski definition) is 6. The van der Waals surface area contributed by atoms with Crippen molar-refractivity contribution in [3.8, 4) is 0 Å². The lowest BCUT2D eigenvalue weighted by Crippen LogP contribution is -2.53. The lowest BCUT2D eigenvalue weighted by Gasteiger charge is -2.40. The Balaban J connectivity index is 1.37. The summed E-state index contributed by atoms with van der Waals surface area (Å²) in [4.78, 5) is 24.3. The molecular formula is C24H32BClN4O3. The molecule has 0 unspecified atom stereocenters. The fourth-order valence-corrected chi connectivity index (χ4v) is 4.50. The molecule has 2 aromatic rings. The second-order valence-electron chi connectivity index (χ2n) is 10.3. The predicted octanol–water partition coefficient (Wildman–Crippen LogP) is 3.53. The quantitative estimate of drug-likeness (QED) is 0.689. The Labute approximate surface area is 201 Å². The molecular weight excluding hydrogens is 439 g/mol. The van der Waals surface area contributed by atoms with Crippen LogP contribution in [0.1, 0.15) is 63.4 Å². The van der Waals surface area contributed by atoms with Crippen molar-refractivity contribution in [3.05, 3.63) is 46.7 Å². The van der Waals surface area contributed by atoms with Gasteiger partial charge in [-0.1, -0.05) is 23.7 Å². The zero-order valence-electron chi connectivity index (χ0n) is 20.2. The SMILES string of the molecule is Cc1cccc(Cl)c1C(=O)NC1(C)CCN(c2cnc(B3OC(C)(C)C(C)(C)O3)cn2)CC1. The van der Waals surface area contributed by atoms with E-state index >= 15 is 0 Å². The molecule has 0 radical (unpaired) electrons. The smallest absolute Gasteiger partial charge is 0.398 e. The van der Waals surface area contributed by atoms with Gasteiger partial charge in [0.15, 0.2) is 0 Å². The van der Waals surface area contributed by atoms with Crippen LogP contribution in [0.3, 0.4) is 0 Å². The van der Waals surface area contributed by atoms with Crippen molar-refractivity contribution in [2.24, 2.45) is 0 Å². The highest BCUT2D eigenvalue weighted by molar-refractivity contribution is 6.61. The summed E-state index contributed by atoms with van der Waals surface area (Å²) in [5.41, 5.74) is 0.951. The summed E-state index contributed by atoms with van der Waals surface area (Å²) >= 11 is 6.28. The first kappa shape index (κ1) is 24.0. The molecule has 2 aliphatic rings. The molecule has 3 heterocycles. The molecule has 176 valence electrons. The Morgan fingerprint density at radius 1 is 1.06 bits per heavy atom. The monoisotopic (exact) mass is 470 g/mol. The first-order valence-electron chi connectivity index (χ1n) is 11.4. The van der Waals surface area contributed by atoms with Crippen molar-refractivity contribution in [1.82, 2.24) is 15.3 Å². The number of aryl methyl sites for hydroxylation is 1. The van der Waals surface area contributed by atoms with E-state index in [-0.39, 0.29) is 11.4 Å². The number of anilines is 1. The third-order valence-corrected chi connectivity index (χ3v) is 7.52. The Hall–Kier alpha value is -2.16. The molecule has 2 saturated heterocycles. The van der Waals surface area contributed by atoms with E-state index in [1.807, 2.05) is 46.8 Å². The van der Waals surface area contributed by atoms with Crippen molar-refractivity contribution in [3.63, 3.8) is 0 Å². The standard InChI is InChI=1S/C24H32BClN4O3/c1-16-8-7-9-17(26)20(16)21(31)29-24(6)10-12-30(13-11-24)19-15-27-18(14-28-19)25-32-22(2,3)23(4,5)33-25/h7-9,14-15H,10-13H2,1-6H3,(H,29,31). The Morgan fingerprint density at radius 3 is 2.24 bits per heavy atom. The molecule has 1 aromatic carbocycles. The van der Waals surface area contributed by atoms with Crippen LogP contribution in [0.15, 0.2) is 30.6 Å². The number of carbonyl (C=O) groups excluding carboxylic acids is 1. The molecule has 1 amide bonds. The number of aromatic nitrogens is 2. The van der Waals surface area contributed by atoms with E-state index in [0.717, 1.165) is 37.3 Å². The third-order valence-electron chi connectivity index (χ3n) is 7.21. The van der Waals surface area contributed by atoms with Crippen LogP contribution >= 0.6 is 11.6 Å². The average molecular weight is 471 g/mol. The minimum atomic E-state index is -0.523. The number of halogens is 1. The van der Waals surface area contributed by atoms with Crippen LogP contribution in [0.2, 0.25) is 5.02 Å². The molecule has 1 aromatic heterocycles. The van der Waals surface area contributed by atoms with Crippen molar-refractivity contribution < 1.29 is 14.1 Å². The van der Waals surface area contributed by atoms with Gasteiger partial charge in [0.25, 0.3) is 5.91 Å². The number of amides is 1. The maximum absolute atomic E-state index is 12.9. The number of nitrogens with one attached hydrogen (secondary N) is 1. The summed E-state index contributed by atoms with van der Waals surface area (Å²) in [6, 6.07) is 5.51. The van der Waals surface area contributed by atoms with E-state index in [4.69, 9.17) is 20.9 Å². The summed E-state index contributed by atoms with van der Waals surface area (Å²) in [6.45, 7) is 13.6. The van der Waals surface area contributed by atoms with E-state index < -0.39 is 18.3 Å². The first-order chi connectivity index (χ1) is 15.4. The van der Waals surface area contributed by atoms with Gasteiger partial charge >= 0.3 is 7.12 Å². The minimum absolute atomic E-state index is 0.124. The average Bonchev–Trinajstić information content (AvgIpc) is 2.95. The van der Waals surface area contributed by atoms with Gasteiger partial charge in [0.1, 0.15) is 5.82 Å². The van der Waals surface area contributed by atoms with E-state index in [1.54, 1.807) is 18.5 Å². The highest BCUT2D eigenvalue weighted by Crippen LogP contribution is 2.36. The number of carbonyl (C=O) groups is 1. The molecule has 0 atom stereocenters. The maximum Gasteiger partial charge on any atom is 0.516 e. The Morgan fingerprint density at radius 2 is 1.70 bits per heavy atom. The minimum Gasteiger partial charge on any atom is -0.398 e. The maximum atomic E-state index is 12.9. The van der Waals surface area contributed by atoms with Crippen molar-refractivity contribution in [2.45, 2.75) is 71.1 Å². The summed E-state index contributed by atoms with van der Waals surface area (Å²) in [7, 11) is -0.523. The van der Waals surface area contributed by atoms with Gasteiger partial charge in [-0.2, -0.15) is 0 Å². The predicted molar refractivity (Wildman–Crippen MR) is 131 cm³/mol. The second-order valence-corrected chi connectivity index (χ2v) is 10.7. The Kier molecular flexibility index (Phi) is 6.23. The molecule has 2 aliphatic heterocycles.